The monoisotopic (exact) mass is 305 g/mol. The zero-order valence-electron chi connectivity index (χ0n) is 11.9. The van der Waals surface area contributed by atoms with E-state index >= 15 is 0 Å². The van der Waals surface area contributed by atoms with Crippen molar-refractivity contribution in [2.45, 2.75) is 0 Å². The number of rotatable bonds is 1. The van der Waals surface area contributed by atoms with E-state index in [4.69, 9.17) is 0 Å². The maximum atomic E-state index is 12.0. The van der Waals surface area contributed by atoms with E-state index < -0.39 is 10.9 Å². The molecule has 112 valence electrons. The van der Waals surface area contributed by atoms with Gasteiger partial charge in [-0.05, 0) is 36.4 Å². The number of para-hydroxylation sites is 1. The van der Waals surface area contributed by atoms with Crippen molar-refractivity contribution < 1.29 is 10.2 Å². The third kappa shape index (κ3) is 1.73. The Morgan fingerprint density at radius 3 is 1.70 bits per heavy atom. The largest absolute Gasteiger partial charge is 0.494 e. The highest BCUT2D eigenvalue weighted by Crippen LogP contribution is 2.38. The molecule has 0 radical (unpaired) electrons. The summed E-state index contributed by atoms with van der Waals surface area (Å²) in [4.78, 5) is 24.0. The first kappa shape index (κ1) is 13.3. The molecule has 0 saturated heterocycles. The van der Waals surface area contributed by atoms with Crippen molar-refractivity contribution in [3.8, 4) is 17.4 Å². The minimum absolute atomic E-state index is 0.0224. The summed E-state index contributed by atoms with van der Waals surface area (Å²) in [5, 5.41) is 22.1. The number of benzene rings is 3. The van der Waals surface area contributed by atoms with Crippen LogP contribution in [0.15, 0.2) is 64.2 Å². The smallest absolute Gasteiger partial charge is 0.206 e. The number of pyridine rings is 1. The Bertz CT molecular complexity index is 1090. The van der Waals surface area contributed by atoms with Crippen molar-refractivity contribution in [2.24, 2.45) is 0 Å². The fourth-order valence-electron chi connectivity index (χ4n) is 2.97. The Kier molecular flexibility index (Phi) is 2.65. The zero-order valence-corrected chi connectivity index (χ0v) is 11.9. The summed E-state index contributed by atoms with van der Waals surface area (Å²) in [6.07, 6.45) is 0. The third-order valence-electron chi connectivity index (χ3n) is 4.00. The molecule has 0 amide bonds. The highest BCUT2D eigenvalue weighted by Gasteiger charge is 2.19. The fourth-order valence-corrected chi connectivity index (χ4v) is 2.97. The average molecular weight is 305 g/mol. The lowest BCUT2D eigenvalue weighted by atomic mass is 10.0. The van der Waals surface area contributed by atoms with Crippen LogP contribution in [0.1, 0.15) is 0 Å². The Balaban J connectivity index is 2.31. The maximum absolute atomic E-state index is 12.0. The molecule has 1 aromatic heterocycles. The molecule has 0 spiro atoms. The van der Waals surface area contributed by atoms with E-state index in [1.165, 1.54) is 28.8 Å². The highest BCUT2D eigenvalue weighted by atomic mass is 16.3. The van der Waals surface area contributed by atoms with Gasteiger partial charge >= 0.3 is 0 Å². The second kappa shape index (κ2) is 4.58. The van der Waals surface area contributed by atoms with Crippen molar-refractivity contribution in [1.82, 2.24) is 4.57 Å². The van der Waals surface area contributed by atoms with Crippen LogP contribution in [0.25, 0.3) is 27.2 Å². The lowest BCUT2D eigenvalue weighted by molar-refractivity contribution is 0.399. The van der Waals surface area contributed by atoms with E-state index in [9.17, 15) is 19.8 Å². The fraction of sp³-hybridized carbons (Fsp3) is 0. The topological polar surface area (TPSA) is 79.5 Å². The van der Waals surface area contributed by atoms with Crippen LogP contribution in [-0.2, 0) is 0 Å². The Morgan fingerprint density at radius 2 is 1.17 bits per heavy atom. The van der Waals surface area contributed by atoms with Crippen molar-refractivity contribution >= 4 is 21.5 Å². The first-order chi connectivity index (χ1) is 11.1. The second-order valence-electron chi connectivity index (χ2n) is 5.29. The van der Waals surface area contributed by atoms with Crippen molar-refractivity contribution in [3.63, 3.8) is 0 Å². The predicted octanol–water partition coefficient (Wildman–Crippen LogP) is 2.35. The Morgan fingerprint density at radius 1 is 0.652 bits per heavy atom. The van der Waals surface area contributed by atoms with Gasteiger partial charge in [0.1, 0.15) is 0 Å². The van der Waals surface area contributed by atoms with E-state index in [0.717, 1.165) is 0 Å². The highest BCUT2D eigenvalue weighted by molar-refractivity contribution is 6.13. The van der Waals surface area contributed by atoms with Crippen LogP contribution >= 0.6 is 0 Å². The van der Waals surface area contributed by atoms with Crippen LogP contribution < -0.4 is 10.9 Å². The van der Waals surface area contributed by atoms with Crippen LogP contribution in [0.2, 0.25) is 0 Å². The van der Waals surface area contributed by atoms with E-state index in [0.29, 0.717) is 16.5 Å². The van der Waals surface area contributed by atoms with E-state index in [-0.39, 0.29) is 22.5 Å². The van der Waals surface area contributed by atoms with Crippen molar-refractivity contribution in [3.05, 3.63) is 75.0 Å². The van der Waals surface area contributed by atoms with Gasteiger partial charge in [-0.1, -0.05) is 18.2 Å². The lowest BCUT2D eigenvalue weighted by Gasteiger charge is -2.17. The van der Waals surface area contributed by atoms with Gasteiger partial charge in [0, 0.05) is 16.2 Å². The molecule has 4 rings (SSSR count). The Labute approximate surface area is 129 Å². The second-order valence-corrected chi connectivity index (χ2v) is 5.29. The number of aromatic hydroxyl groups is 2. The molecule has 0 bridgehead atoms. The number of hydrogen-bond donors (Lipinski definition) is 2. The number of nitrogens with zero attached hydrogens (tertiary/aromatic N) is 1. The van der Waals surface area contributed by atoms with Gasteiger partial charge in [0.05, 0.1) is 11.1 Å². The lowest BCUT2D eigenvalue weighted by Crippen LogP contribution is -2.12. The summed E-state index contributed by atoms with van der Waals surface area (Å²) in [5.74, 6) is -0.450. The van der Waals surface area contributed by atoms with Gasteiger partial charge in [-0.15, -0.1) is 0 Å². The first-order valence-corrected chi connectivity index (χ1v) is 7.01. The SMILES string of the molecule is O=c1ccc2c(O)n(-c3ccccc3)c(O)c3ccc(=O)c1c23. The molecule has 0 saturated carbocycles. The minimum atomic E-state index is -0.427. The summed E-state index contributed by atoms with van der Waals surface area (Å²) >= 11 is 0. The average Bonchev–Trinajstić information content (AvgIpc) is 2.55. The summed E-state index contributed by atoms with van der Waals surface area (Å²) in [5.41, 5.74) is -0.285. The molecule has 4 aromatic rings. The van der Waals surface area contributed by atoms with Crippen LogP contribution in [0, 0.1) is 0 Å². The van der Waals surface area contributed by atoms with Gasteiger partial charge < -0.3 is 10.2 Å². The molecule has 3 aromatic carbocycles. The molecule has 5 nitrogen and oxygen atoms in total. The molecule has 0 aliphatic heterocycles. The van der Waals surface area contributed by atoms with Crippen LogP contribution in [0.3, 0.4) is 0 Å². The molecule has 5 heteroatoms. The van der Waals surface area contributed by atoms with Gasteiger partial charge in [-0.3, -0.25) is 14.2 Å². The quantitative estimate of drug-likeness (QED) is 0.566. The van der Waals surface area contributed by atoms with E-state index in [1.54, 1.807) is 24.3 Å². The summed E-state index contributed by atoms with van der Waals surface area (Å²) in [6.45, 7) is 0. The zero-order chi connectivity index (χ0) is 16.1. The van der Waals surface area contributed by atoms with Gasteiger partial charge in [-0.2, -0.15) is 0 Å². The molecule has 0 aliphatic rings. The molecule has 0 atom stereocenters. The van der Waals surface area contributed by atoms with Crippen LogP contribution in [0.4, 0.5) is 0 Å². The van der Waals surface area contributed by atoms with Crippen LogP contribution in [0.5, 0.6) is 11.8 Å². The Hall–Kier alpha value is -3.34. The number of aromatic nitrogens is 1. The maximum Gasteiger partial charge on any atom is 0.206 e. The molecule has 0 unspecified atom stereocenters. The molecular formula is C18H11NO4. The van der Waals surface area contributed by atoms with Gasteiger partial charge in [0.15, 0.2) is 10.9 Å². The van der Waals surface area contributed by atoms with E-state index in [1.807, 2.05) is 6.07 Å². The van der Waals surface area contributed by atoms with Crippen molar-refractivity contribution in [2.75, 3.05) is 0 Å². The van der Waals surface area contributed by atoms with Gasteiger partial charge in [0.2, 0.25) is 11.8 Å². The summed E-state index contributed by atoms with van der Waals surface area (Å²) < 4.78 is 1.28. The molecule has 0 fully saturated rings. The summed E-state index contributed by atoms with van der Waals surface area (Å²) in [7, 11) is 0. The van der Waals surface area contributed by atoms with E-state index in [2.05, 4.69) is 0 Å². The number of hydrogen-bond acceptors (Lipinski definition) is 4. The molecule has 1 heterocycles. The van der Waals surface area contributed by atoms with Gasteiger partial charge in [0.25, 0.3) is 0 Å². The normalized spacial score (nSPS) is 11.3. The minimum Gasteiger partial charge on any atom is -0.494 e. The van der Waals surface area contributed by atoms with Gasteiger partial charge in [-0.25, -0.2) is 0 Å². The molecule has 23 heavy (non-hydrogen) atoms. The third-order valence-corrected chi connectivity index (χ3v) is 4.00. The molecule has 2 N–H and O–H groups in total. The van der Waals surface area contributed by atoms with Crippen LogP contribution in [-0.4, -0.2) is 14.8 Å². The molecule has 0 aliphatic carbocycles. The standard InChI is InChI=1S/C18H11NO4/c20-13-8-6-11-15-12(7-9-14(21)16(13)15)18(23)19(17(11)22)10-4-2-1-3-5-10/h1-9,22-23H. The predicted molar refractivity (Wildman–Crippen MR) is 87.8 cm³/mol. The first-order valence-electron chi connectivity index (χ1n) is 7.01. The van der Waals surface area contributed by atoms with Crippen molar-refractivity contribution in [1.29, 1.82) is 0 Å². The summed E-state index contributed by atoms with van der Waals surface area (Å²) in [6, 6.07) is 14.3. The molecular weight excluding hydrogens is 294 g/mol.